The van der Waals surface area contributed by atoms with Gasteiger partial charge in [-0.05, 0) is 37.6 Å². The van der Waals surface area contributed by atoms with Crippen molar-refractivity contribution in [2.24, 2.45) is 0 Å². The van der Waals surface area contributed by atoms with Gasteiger partial charge in [0.15, 0.2) is 0 Å². The van der Waals surface area contributed by atoms with Crippen LogP contribution in [0.1, 0.15) is 18.4 Å². The highest BCUT2D eigenvalue weighted by atomic mass is 16.5. The van der Waals surface area contributed by atoms with Crippen molar-refractivity contribution in [3.8, 4) is 5.75 Å². The van der Waals surface area contributed by atoms with E-state index in [1.165, 1.54) is 18.4 Å². The van der Waals surface area contributed by atoms with E-state index in [4.69, 9.17) is 9.47 Å². The molecule has 1 saturated carbocycles. The lowest BCUT2D eigenvalue weighted by Gasteiger charge is -2.16. The first kappa shape index (κ1) is 15.3. The summed E-state index contributed by atoms with van der Waals surface area (Å²) in [7, 11) is 3.80. The number of hydrogen-bond donors (Lipinski definition) is 1. The minimum Gasteiger partial charge on any atom is -0.492 e. The molecule has 0 aromatic heterocycles. The molecular weight excluding hydrogens is 252 g/mol. The van der Waals surface area contributed by atoms with Crippen molar-refractivity contribution in [3.63, 3.8) is 0 Å². The van der Waals surface area contributed by atoms with Crippen LogP contribution in [0.5, 0.6) is 5.75 Å². The molecule has 20 heavy (non-hydrogen) atoms. The van der Waals surface area contributed by atoms with Crippen LogP contribution < -0.4 is 10.1 Å². The zero-order valence-corrected chi connectivity index (χ0v) is 12.6. The second-order valence-corrected chi connectivity index (χ2v) is 5.44. The Morgan fingerprint density at radius 2 is 1.85 bits per heavy atom. The first-order chi connectivity index (χ1) is 9.78. The molecule has 0 amide bonds. The molecule has 0 aliphatic heterocycles. The number of nitrogens with one attached hydrogen (secondary N) is 1. The number of methoxy groups -OCH3 is 1. The van der Waals surface area contributed by atoms with E-state index in [1.807, 2.05) is 0 Å². The standard InChI is InChI=1S/C16H26N2O2/c1-18(9-11-19-2)10-12-20-16-7-3-14(4-8-16)13-17-15-5-6-15/h3-4,7-8,15,17H,5-6,9-13H2,1-2H3. The Morgan fingerprint density at radius 3 is 2.50 bits per heavy atom. The van der Waals surface area contributed by atoms with Crippen LogP contribution in [-0.2, 0) is 11.3 Å². The number of benzene rings is 1. The Bertz CT molecular complexity index is 377. The second kappa shape index (κ2) is 8.25. The van der Waals surface area contributed by atoms with Gasteiger partial charge in [0.1, 0.15) is 12.4 Å². The molecule has 112 valence electrons. The zero-order chi connectivity index (χ0) is 14.2. The summed E-state index contributed by atoms with van der Waals surface area (Å²) in [5.74, 6) is 0.945. The predicted octanol–water partition coefficient (Wildman–Crippen LogP) is 1.90. The molecule has 1 fully saturated rings. The van der Waals surface area contributed by atoms with E-state index < -0.39 is 0 Å². The lowest BCUT2D eigenvalue weighted by molar-refractivity contribution is 0.150. The third-order valence-corrected chi connectivity index (χ3v) is 3.51. The number of likely N-dealkylation sites (N-methyl/N-ethyl adjacent to an activating group) is 1. The molecule has 1 aromatic rings. The number of ether oxygens (including phenoxy) is 2. The van der Waals surface area contributed by atoms with Gasteiger partial charge in [0.05, 0.1) is 6.61 Å². The molecule has 4 nitrogen and oxygen atoms in total. The van der Waals surface area contributed by atoms with Crippen molar-refractivity contribution in [2.75, 3.05) is 40.5 Å². The molecule has 1 aromatic carbocycles. The van der Waals surface area contributed by atoms with E-state index in [2.05, 4.69) is 41.5 Å². The Hall–Kier alpha value is -1.10. The molecule has 1 N–H and O–H groups in total. The Kier molecular flexibility index (Phi) is 6.30. The van der Waals surface area contributed by atoms with Gasteiger partial charge < -0.3 is 19.7 Å². The highest BCUT2D eigenvalue weighted by Crippen LogP contribution is 2.19. The van der Waals surface area contributed by atoms with Crippen LogP contribution in [0.25, 0.3) is 0 Å². The molecule has 0 bridgehead atoms. The second-order valence-electron chi connectivity index (χ2n) is 5.44. The Labute approximate surface area is 122 Å². The first-order valence-corrected chi connectivity index (χ1v) is 7.40. The van der Waals surface area contributed by atoms with Gasteiger partial charge in [0.25, 0.3) is 0 Å². The SMILES string of the molecule is COCCN(C)CCOc1ccc(CNC2CC2)cc1. The van der Waals surface area contributed by atoms with Crippen LogP contribution in [0.3, 0.4) is 0 Å². The average molecular weight is 278 g/mol. The fourth-order valence-electron chi connectivity index (χ4n) is 1.93. The number of nitrogens with zero attached hydrogens (tertiary/aromatic N) is 1. The molecule has 1 aliphatic rings. The summed E-state index contributed by atoms with van der Waals surface area (Å²) >= 11 is 0. The van der Waals surface area contributed by atoms with E-state index in [0.717, 1.165) is 38.0 Å². The highest BCUT2D eigenvalue weighted by Gasteiger charge is 2.19. The smallest absolute Gasteiger partial charge is 0.119 e. The monoisotopic (exact) mass is 278 g/mol. The third kappa shape index (κ3) is 5.90. The van der Waals surface area contributed by atoms with Gasteiger partial charge in [0, 0.05) is 32.8 Å². The summed E-state index contributed by atoms with van der Waals surface area (Å²) in [6, 6.07) is 9.14. The molecule has 1 aliphatic carbocycles. The summed E-state index contributed by atoms with van der Waals surface area (Å²) < 4.78 is 10.8. The zero-order valence-electron chi connectivity index (χ0n) is 12.6. The topological polar surface area (TPSA) is 33.7 Å². The largest absolute Gasteiger partial charge is 0.492 e. The van der Waals surface area contributed by atoms with Gasteiger partial charge >= 0.3 is 0 Å². The van der Waals surface area contributed by atoms with Crippen molar-refractivity contribution in [3.05, 3.63) is 29.8 Å². The summed E-state index contributed by atoms with van der Waals surface area (Å²) in [5.41, 5.74) is 1.32. The van der Waals surface area contributed by atoms with Crippen molar-refractivity contribution >= 4 is 0 Å². The molecule has 2 rings (SSSR count). The van der Waals surface area contributed by atoms with Crippen LogP contribution in [0.15, 0.2) is 24.3 Å². The van der Waals surface area contributed by atoms with E-state index >= 15 is 0 Å². The molecule has 0 unspecified atom stereocenters. The summed E-state index contributed by atoms with van der Waals surface area (Å²) in [6.07, 6.45) is 2.66. The van der Waals surface area contributed by atoms with Crippen LogP contribution in [0, 0.1) is 0 Å². The van der Waals surface area contributed by atoms with Gasteiger partial charge in [-0.1, -0.05) is 12.1 Å². The quantitative estimate of drug-likeness (QED) is 0.709. The van der Waals surface area contributed by atoms with Gasteiger partial charge in [0.2, 0.25) is 0 Å². The van der Waals surface area contributed by atoms with Crippen molar-refractivity contribution < 1.29 is 9.47 Å². The van der Waals surface area contributed by atoms with Crippen molar-refractivity contribution in [1.29, 1.82) is 0 Å². The lowest BCUT2D eigenvalue weighted by Crippen LogP contribution is -2.27. The lowest BCUT2D eigenvalue weighted by atomic mass is 10.2. The fraction of sp³-hybridized carbons (Fsp3) is 0.625. The maximum Gasteiger partial charge on any atom is 0.119 e. The van der Waals surface area contributed by atoms with Gasteiger partial charge in [-0.15, -0.1) is 0 Å². The third-order valence-electron chi connectivity index (χ3n) is 3.51. The Balaban J connectivity index is 1.62. The molecule has 0 heterocycles. The van der Waals surface area contributed by atoms with Crippen LogP contribution in [0.4, 0.5) is 0 Å². The minimum atomic E-state index is 0.708. The average Bonchev–Trinajstić information content (AvgIpc) is 3.28. The summed E-state index contributed by atoms with van der Waals surface area (Å²) in [4.78, 5) is 2.21. The van der Waals surface area contributed by atoms with Crippen LogP contribution in [-0.4, -0.2) is 51.4 Å². The molecule has 0 saturated heterocycles. The van der Waals surface area contributed by atoms with E-state index in [1.54, 1.807) is 7.11 Å². The molecule has 0 atom stereocenters. The highest BCUT2D eigenvalue weighted by molar-refractivity contribution is 5.27. The predicted molar refractivity (Wildman–Crippen MR) is 81.2 cm³/mol. The molecule has 0 radical (unpaired) electrons. The number of rotatable bonds is 10. The summed E-state index contributed by atoms with van der Waals surface area (Å²) in [6.45, 7) is 4.28. The maximum absolute atomic E-state index is 5.75. The normalized spacial score (nSPS) is 14.8. The first-order valence-electron chi connectivity index (χ1n) is 7.40. The van der Waals surface area contributed by atoms with E-state index in [0.29, 0.717) is 6.61 Å². The van der Waals surface area contributed by atoms with E-state index in [-0.39, 0.29) is 0 Å². The van der Waals surface area contributed by atoms with Crippen molar-refractivity contribution in [2.45, 2.75) is 25.4 Å². The summed E-state index contributed by atoms with van der Waals surface area (Å²) in [5, 5.41) is 3.51. The van der Waals surface area contributed by atoms with Crippen LogP contribution >= 0.6 is 0 Å². The van der Waals surface area contributed by atoms with Crippen molar-refractivity contribution in [1.82, 2.24) is 10.2 Å². The van der Waals surface area contributed by atoms with Gasteiger partial charge in [-0.3, -0.25) is 0 Å². The molecule has 4 heteroatoms. The number of hydrogen-bond acceptors (Lipinski definition) is 4. The van der Waals surface area contributed by atoms with Gasteiger partial charge in [-0.25, -0.2) is 0 Å². The van der Waals surface area contributed by atoms with E-state index in [9.17, 15) is 0 Å². The molecule has 0 spiro atoms. The minimum absolute atomic E-state index is 0.708. The Morgan fingerprint density at radius 1 is 1.15 bits per heavy atom. The fourth-order valence-corrected chi connectivity index (χ4v) is 1.93. The maximum atomic E-state index is 5.75. The van der Waals surface area contributed by atoms with Crippen LogP contribution in [0.2, 0.25) is 0 Å². The van der Waals surface area contributed by atoms with Gasteiger partial charge in [-0.2, -0.15) is 0 Å². The molecular formula is C16H26N2O2.